The maximum absolute atomic E-state index is 11.1. The minimum Gasteiger partial charge on any atom is -0.381 e. The van der Waals surface area contributed by atoms with Crippen LogP contribution in [0.2, 0.25) is 0 Å². The first-order valence-electron chi connectivity index (χ1n) is 7.44. The summed E-state index contributed by atoms with van der Waals surface area (Å²) in [6.07, 6.45) is 3.34. The van der Waals surface area contributed by atoms with Gasteiger partial charge in [0, 0.05) is 28.7 Å². The Labute approximate surface area is 134 Å². The number of hydrogen-bond acceptors (Lipinski definition) is 4. The second kappa shape index (κ2) is 7.22. The van der Waals surface area contributed by atoms with Gasteiger partial charge in [0.25, 0.3) is 5.69 Å². The van der Waals surface area contributed by atoms with E-state index in [4.69, 9.17) is 0 Å². The molecule has 0 amide bonds. The molecule has 5 nitrogen and oxygen atoms in total. The maximum atomic E-state index is 11.1. The van der Waals surface area contributed by atoms with Crippen molar-refractivity contribution in [3.05, 3.63) is 32.3 Å². The summed E-state index contributed by atoms with van der Waals surface area (Å²) in [7, 11) is 0. The van der Waals surface area contributed by atoms with E-state index in [2.05, 4.69) is 33.1 Å². The van der Waals surface area contributed by atoms with Crippen LogP contribution in [0.4, 0.5) is 11.4 Å². The second-order valence-electron chi connectivity index (χ2n) is 5.58. The molecular formula is C15H22BrN3O2. The molecule has 1 aromatic rings. The fourth-order valence-corrected chi connectivity index (χ4v) is 3.38. The van der Waals surface area contributed by atoms with Crippen LogP contribution in [0, 0.1) is 17.0 Å². The number of nitro groups is 1. The van der Waals surface area contributed by atoms with E-state index in [0.717, 1.165) is 49.1 Å². The molecule has 0 aromatic heterocycles. The lowest BCUT2D eigenvalue weighted by molar-refractivity contribution is -0.385. The molecule has 0 bridgehead atoms. The molecule has 2 rings (SSSR count). The molecular weight excluding hydrogens is 334 g/mol. The van der Waals surface area contributed by atoms with Crippen LogP contribution in [-0.4, -0.2) is 35.5 Å². The Morgan fingerprint density at radius 1 is 1.43 bits per heavy atom. The van der Waals surface area contributed by atoms with Gasteiger partial charge in [0.1, 0.15) is 0 Å². The lowest BCUT2D eigenvalue weighted by Gasteiger charge is -2.20. The summed E-state index contributed by atoms with van der Waals surface area (Å²) >= 11 is 3.51. The molecule has 1 saturated heterocycles. The third-order valence-electron chi connectivity index (χ3n) is 4.11. The third-order valence-corrected chi connectivity index (χ3v) is 4.77. The first kappa shape index (κ1) is 16.2. The molecule has 1 aromatic carbocycles. The molecule has 1 aliphatic rings. The number of hydrogen-bond donors (Lipinski definition) is 1. The highest BCUT2D eigenvalue weighted by Crippen LogP contribution is 2.32. The van der Waals surface area contributed by atoms with Crippen LogP contribution in [0.1, 0.15) is 31.7 Å². The molecule has 1 atom stereocenters. The maximum Gasteiger partial charge on any atom is 0.274 e. The quantitative estimate of drug-likeness (QED) is 0.656. The number of aryl methyl sites for hydroxylation is 1. The lowest BCUT2D eigenvalue weighted by atomic mass is 10.1. The largest absolute Gasteiger partial charge is 0.381 e. The van der Waals surface area contributed by atoms with Gasteiger partial charge < -0.3 is 10.2 Å². The zero-order valence-electron chi connectivity index (χ0n) is 12.6. The summed E-state index contributed by atoms with van der Waals surface area (Å²) in [6.45, 7) is 7.27. The summed E-state index contributed by atoms with van der Waals surface area (Å²) in [5, 5.41) is 14.5. The summed E-state index contributed by atoms with van der Waals surface area (Å²) < 4.78 is 0.891. The predicted molar refractivity (Wildman–Crippen MR) is 88.9 cm³/mol. The second-order valence-corrected chi connectivity index (χ2v) is 6.44. The van der Waals surface area contributed by atoms with Crippen molar-refractivity contribution in [3.8, 4) is 0 Å². The van der Waals surface area contributed by atoms with Crippen LogP contribution in [-0.2, 0) is 0 Å². The average molecular weight is 356 g/mol. The SMILES string of the molecule is CCN1CCCC(Nc2cc([N+](=O)[O-])c(C)cc2Br)CC1. The van der Waals surface area contributed by atoms with Gasteiger partial charge in [-0.3, -0.25) is 10.1 Å². The summed E-state index contributed by atoms with van der Waals surface area (Å²) in [4.78, 5) is 13.2. The van der Waals surface area contributed by atoms with Crippen LogP contribution in [0.5, 0.6) is 0 Å². The first-order valence-corrected chi connectivity index (χ1v) is 8.24. The first-order chi connectivity index (χ1) is 10.0. The van der Waals surface area contributed by atoms with Gasteiger partial charge in [-0.05, 0) is 61.3 Å². The monoisotopic (exact) mass is 355 g/mol. The van der Waals surface area contributed by atoms with E-state index < -0.39 is 0 Å². The number of halogens is 1. The Morgan fingerprint density at radius 3 is 2.86 bits per heavy atom. The van der Waals surface area contributed by atoms with Crippen LogP contribution in [0.3, 0.4) is 0 Å². The topological polar surface area (TPSA) is 58.4 Å². The van der Waals surface area contributed by atoms with Gasteiger partial charge in [0.15, 0.2) is 0 Å². The number of nitrogens with zero attached hydrogens (tertiary/aromatic N) is 2. The zero-order chi connectivity index (χ0) is 15.4. The number of likely N-dealkylation sites (tertiary alicyclic amines) is 1. The van der Waals surface area contributed by atoms with Crippen LogP contribution < -0.4 is 5.32 Å². The molecule has 0 radical (unpaired) electrons. The molecule has 0 aliphatic carbocycles. The molecule has 21 heavy (non-hydrogen) atoms. The minimum absolute atomic E-state index is 0.171. The Kier molecular flexibility index (Phi) is 5.58. The highest BCUT2D eigenvalue weighted by Gasteiger charge is 2.19. The van der Waals surface area contributed by atoms with Crippen molar-refractivity contribution in [1.82, 2.24) is 4.90 Å². The van der Waals surface area contributed by atoms with Crippen molar-refractivity contribution < 1.29 is 4.92 Å². The minimum atomic E-state index is -0.321. The fraction of sp³-hybridized carbons (Fsp3) is 0.600. The average Bonchev–Trinajstić information content (AvgIpc) is 2.66. The van der Waals surface area contributed by atoms with E-state index in [1.54, 1.807) is 13.0 Å². The molecule has 1 aliphatic heterocycles. The molecule has 116 valence electrons. The highest BCUT2D eigenvalue weighted by atomic mass is 79.9. The molecule has 1 heterocycles. The van der Waals surface area contributed by atoms with E-state index in [1.165, 1.54) is 0 Å². The van der Waals surface area contributed by atoms with E-state index in [-0.39, 0.29) is 10.6 Å². The van der Waals surface area contributed by atoms with Crippen molar-refractivity contribution in [2.24, 2.45) is 0 Å². The number of benzene rings is 1. The molecule has 6 heteroatoms. The smallest absolute Gasteiger partial charge is 0.274 e. The molecule has 0 spiro atoms. The van der Waals surface area contributed by atoms with Crippen LogP contribution in [0.25, 0.3) is 0 Å². The number of nitro benzene ring substituents is 1. The third kappa shape index (κ3) is 4.17. The van der Waals surface area contributed by atoms with Crippen LogP contribution in [0.15, 0.2) is 16.6 Å². The van der Waals surface area contributed by atoms with Gasteiger partial charge in [-0.1, -0.05) is 6.92 Å². The van der Waals surface area contributed by atoms with Crippen molar-refractivity contribution in [1.29, 1.82) is 0 Å². The molecule has 0 saturated carbocycles. The van der Waals surface area contributed by atoms with Crippen molar-refractivity contribution in [2.45, 2.75) is 39.2 Å². The Balaban J connectivity index is 2.12. The fourth-order valence-electron chi connectivity index (χ4n) is 2.80. The molecule has 1 unspecified atom stereocenters. The Hall–Kier alpha value is -1.14. The summed E-state index contributed by atoms with van der Waals surface area (Å²) in [5.74, 6) is 0. The molecule has 1 N–H and O–H groups in total. The lowest BCUT2D eigenvalue weighted by Crippen LogP contribution is -2.26. The Bertz CT molecular complexity index is 522. The van der Waals surface area contributed by atoms with Gasteiger partial charge in [-0.25, -0.2) is 0 Å². The van der Waals surface area contributed by atoms with Gasteiger partial charge >= 0.3 is 0 Å². The standard InChI is InChI=1S/C15H22BrN3O2/c1-3-18-7-4-5-12(6-8-18)17-14-10-15(19(20)21)11(2)9-13(14)16/h9-10,12,17H,3-8H2,1-2H3. The molecule has 1 fully saturated rings. The number of nitrogens with one attached hydrogen (secondary N) is 1. The highest BCUT2D eigenvalue weighted by molar-refractivity contribution is 9.10. The van der Waals surface area contributed by atoms with Gasteiger partial charge in [0.05, 0.1) is 10.6 Å². The normalized spacial score (nSPS) is 20.0. The predicted octanol–water partition coefficient (Wildman–Crippen LogP) is 3.95. The Morgan fingerprint density at radius 2 is 2.19 bits per heavy atom. The van der Waals surface area contributed by atoms with E-state index in [9.17, 15) is 10.1 Å². The zero-order valence-corrected chi connectivity index (χ0v) is 14.1. The van der Waals surface area contributed by atoms with Gasteiger partial charge in [-0.15, -0.1) is 0 Å². The number of anilines is 1. The van der Waals surface area contributed by atoms with Crippen molar-refractivity contribution in [3.63, 3.8) is 0 Å². The van der Waals surface area contributed by atoms with E-state index in [0.29, 0.717) is 11.6 Å². The summed E-state index contributed by atoms with van der Waals surface area (Å²) in [6, 6.07) is 3.83. The van der Waals surface area contributed by atoms with Gasteiger partial charge in [0.2, 0.25) is 0 Å². The van der Waals surface area contributed by atoms with E-state index >= 15 is 0 Å². The van der Waals surface area contributed by atoms with Crippen molar-refractivity contribution >= 4 is 27.3 Å². The van der Waals surface area contributed by atoms with Gasteiger partial charge in [-0.2, -0.15) is 0 Å². The van der Waals surface area contributed by atoms with E-state index in [1.807, 2.05) is 6.07 Å². The summed E-state index contributed by atoms with van der Waals surface area (Å²) in [5.41, 5.74) is 1.67. The van der Waals surface area contributed by atoms with Crippen molar-refractivity contribution in [2.75, 3.05) is 25.0 Å². The van der Waals surface area contributed by atoms with Crippen LogP contribution >= 0.6 is 15.9 Å². The number of rotatable bonds is 4.